The topological polar surface area (TPSA) is 47.5 Å². The van der Waals surface area contributed by atoms with Crippen molar-refractivity contribution in [3.8, 4) is 0 Å². The van der Waals surface area contributed by atoms with Crippen LogP contribution in [-0.4, -0.2) is 42.2 Å². The molecule has 4 nitrogen and oxygen atoms in total. The lowest BCUT2D eigenvalue weighted by Gasteiger charge is -2.35. The molecule has 1 aromatic rings. The molecule has 0 aliphatic carbocycles. The fraction of sp³-hybridized carbons (Fsp3) is 0.625. The molecule has 0 bridgehead atoms. The van der Waals surface area contributed by atoms with Gasteiger partial charge in [0.05, 0.1) is 6.10 Å². The summed E-state index contributed by atoms with van der Waals surface area (Å²) >= 11 is 0. The van der Waals surface area contributed by atoms with E-state index in [9.17, 15) is 13.9 Å². The van der Waals surface area contributed by atoms with Crippen molar-refractivity contribution >= 4 is 0 Å². The van der Waals surface area contributed by atoms with Gasteiger partial charge in [0.15, 0.2) is 0 Å². The van der Waals surface area contributed by atoms with Crippen LogP contribution in [0.3, 0.4) is 0 Å². The SMILES string of the molecule is OC(CN1CCC(C2CCNN2)CC1)c1ccc(F)cc1F. The summed E-state index contributed by atoms with van der Waals surface area (Å²) in [6.45, 7) is 3.23. The third-order valence-corrected chi connectivity index (χ3v) is 4.82. The van der Waals surface area contributed by atoms with Gasteiger partial charge in [0.25, 0.3) is 0 Å². The molecule has 3 rings (SSSR count). The number of benzene rings is 1. The van der Waals surface area contributed by atoms with Gasteiger partial charge in [-0.3, -0.25) is 10.9 Å². The van der Waals surface area contributed by atoms with Gasteiger partial charge in [-0.25, -0.2) is 8.78 Å². The Morgan fingerprint density at radius 2 is 2.00 bits per heavy atom. The van der Waals surface area contributed by atoms with Gasteiger partial charge >= 0.3 is 0 Å². The highest BCUT2D eigenvalue weighted by atomic mass is 19.1. The van der Waals surface area contributed by atoms with Crippen LogP contribution in [-0.2, 0) is 0 Å². The standard InChI is InChI=1S/C16H23F2N3O/c17-12-1-2-13(14(18)9-12)16(22)10-21-7-4-11(5-8-21)15-3-6-19-20-15/h1-2,9,11,15-16,19-20,22H,3-8,10H2. The number of β-amino-alcohol motifs (C(OH)–C–C–N with tert-alkyl or cyclic N) is 1. The third-order valence-electron chi connectivity index (χ3n) is 4.82. The van der Waals surface area contributed by atoms with E-state index in [-0.39, 0.29) is 5.56 Å². The smallest absolute Gasteiger partial charge is 0.131 e. The van der Waals surface area contributed by atoms with E-state index in [0.717, 1.165) is 45.0 Å². The molecular formula is C16H23F2N3O. The maximum Gasteiger partial charge on any atom is 0.131 e. The van der Waals surface area contributed by atoms with E-state index in [1.54, 1.807) is 0 Å². The largest absolute Gasteiger partial charge is 0.387 e. The van der Waals surface area contributed by atoms with Crippen molar-refractivity contribution in [1.82, 2.24) is 15.8 Å². The lowest BCUT2D eigenvalue weighted by atomic mass is 9.88. The molecule has 1 aromatic carbocycles. The Labute approximate surface area is 129 Å². The van der Waals surface area contributed by atoms with E-state index in [4.69, 9.17) is 0 Å². The minimum Gasteiger partial charge on any atom is -0.387 e. The Morgan fingerprint density at radius 1 is 1.23 bits per heavy atom. The fourth-order valence-corrected chi connectivity index (χ4v) is 3.51. The first kappa shape index (κ1) is 15.8. The van der Waals surface area contributed by atoms with Crippen LogP contribution in [0.2, 0.25) is 0 Å². The van der Waals surface area contributed by atoms with Crippen molar-refractivity contribution in [1.29, 1.82) is 0 Å². The fourth-order valence-electron chi connectivity index (χ4n) is 3.51. The Kier molecular flexibility index (Phi) is 5.03. The van der Waals surface area contributed by atoms with E-state index < -0.39 is 17.7 Å². The van der Waals surface area contributed by atoms with Crippen molar-refractivity contribution in [3.05, 3.63) is 35.4 Å². The Bertz CT molecular complexity index is 500. The van der Waals surface area contributed by atoms with Crippen LogP contribution in [0.25, 0.3) is 0 Å². The van der Waals surface area contributed by atoms with Crippen LogP contribution in [0.4, 0.5) is 8.78 Å². The van der Waals surface area contributed by atoms with E-state index in [0.29, 0.717) is 18.5 Å². The van der Waals surface area contributed by atoms with Crippen LogP contribution in [0.15, 0.2) is 18.2 Å². The van der Waals surface area contributed by atoms with Crippen LogP contribution in [0.5, 0.6) is 0 Å². The van der Waals surface area contributed by atoms with E-state index in [2.05, 4.69) is 15.8 Å². The zero-order valence-electron chi connectivity index (χ0n) is 12.6. The first-order chi connectivity index (χ1) is 10.6. The van der Waals surface area contributed by atoms with Crippen molar-refractivity contribution in [2.75, 3.05) is 26.2 Å². The van der Waals surface area contributed by atoms with Crippen molar-refractivity contribution < 1.29 is 13.9 Å². The highest BCUT2D eigenvalue weighted by molar-refractivity contribution is 5.21. The first-order valence-corrected chi connectivity index (χ1v) is 7.97. The third kappa shape index (κ3) is 3.63. The van der Waals surface area contributed by atoms with E-state index >= 15 is 0 Å². The molecule has 2 unspecified atom stereocenters. The molecular weight excluding hydrogens is 288 g/mol. The normalized spacial score (nSPS) is 25.5. The summed E-state index contributed by atoms with van der Waals surface area (Å²) in [6.07, 6.45) is 2.41. The molecule has 0 radical (unpaired) electrons. The molecule has 3 N–H and O–H groups in total. The van der Waals surface area contributed by atoms with Gasteiger partial charge in [-0.1, -0.05) is 6.07 Å². The summed E-state index contributed by atoms with van der Waals surface area (Å²) in [4.78, 5) is 2.16. The van der Waals surface area contributed by atoms with Crippen LogP contribution >= 0.6 is 0 Å². The number of aliphatic hydroxyl groups is 1. The molecule has 2 fully saturated rings. The van der Waals surface area contributed by atoms with Gasteiger partial charge in [-0.2, -0.15) is 0 Å². The molecule has 22 heavy (non-hydrogen) atoms. The molecule has 2 saturated heterocycles. The monoisotopic (exact) mass is 311 g/mol. The second-order valence-electron chi connectivity index (χ2n) is 6.29. The predicted molar refractivity (Wildman–Crippen MR) is 80.0 cm³/mol. The average molecular weight is 311 g/mol. The van der Waals surface area contributed by atoms with E-state index in [1.165, 1.54) is 12.1 Å². The number of hydrogen-bond acceptors (Lipinski definition) is 4. The van der Waals surface area contributed by atoms with Gasteiger partial charge in [-0.15, -0.1) is 0 Å². The summed E-state index contributed by atoms with van der Waals surface area (Å²) in [6, 6.07) is 3.88. The molecule has 2 aliphatic heterocycles. The zero-order valence-corrected chi connectivity index (χ0v) is 12.6. The number of nitrogens with zero attached hydrogens (tertiary/aromatic N) is 1. The van der Waals surface area contributed by atoms with Crippen LogP contribution < -0.4 is 10.9 Å². The average Bonchev–Trinajstić information content (AvgIpc) is 3.02. The van der Waals surface area contributed by atoms with Gasteiger partial charge in [-0.05, 0) is 44.3 Å². The van der Waals surface area contributed by atoms with Gasteiger partial charge in [0.2, 0.25) is 0 Å². The summed E-state index contributed by atoms with van der Waals surface area (Å²) < 4.78 is 26.6. The molecule has 0 aromatic heterocycles. The number of aliphatic hydroxyl groups excluding tert-OH is 1. The van der Waals surface area contributed by atoms with Crippen LogP contribution in [0, 0.1) is 17.6 Å². The number of halogens is 2. The molecule has 6 heteroatoms. The molecule has 2 aliphatic rings. The second kappa shape index (κ2) is 7.00. The predicted octanol–water partition coefficient (Wildman–Crippen LogP) is 1.58. The van der Waals surface area contributed by atoms with Gasteiger partial charge in [0.1, 0.15) is 11.6 Å². The van der Waals surface area contributed by atoms with Crippen molar-refractivity contribution in [2.24, 2.45) is 5.92 Å². The Balaban J connectivity index is 1.51. The second-order valence-corrected chi connectivity index (χ2v) is 6.29. The number of rotatable bonds is 4. The lowest BCUT2D eigenvalue weighted by Crippen LogP contribution is -2.43. The molecule has 0 spiro atoms. The highest BCUT2D eigenvalue weighted by Crippen LogP contribution is 2.26. The van der Waals surface area contributed by atoms with Gasteiger partial charge in [0, 0.05) is 30.8 Å². The van der Waals surface area contributed by atoms with E-state index in [1.807, 2.05) is 0 Å². The molecule has 2 atom stereocenters. The molecule has 0 saturated carbocycles. The number of likely N-dealkylation sites (tertiary alicyclic amines) is 1. The lowest BCUT2D eigenvalue weighted by molar-refractivity contribution is 0.0814. The van der Waals surface area contributed by atoms with Gasteiger partial charge < -0.3 is 10.0 Å². The number of nitrogens with one attached hydrogen (secondary N) is 2. The van der Waals surface area contributed by atoms with Crippen molar-refractivity contribution in [3.63, 3.8) is 0 Å². The molecule has 2 heterocycles. The minimum atomic E-state index is -0.913. The summed E-state index contributed by atoms with van der Waals surface area (Å²) in [5, 5.41) is 10.2. The molecule has 0 amide bonds. The summed E-state index contributed by atoms with van der Waals surface area (Å²) in [5.41, 5.74) is 6.66. The number of piperidine rings is 1. The quantitative estimate of drug-likeness (QED) is 0.790. The number of hydrogen-bond donors (Lipinski definition) is 3. The Morgan fingerprint density at radius 3 is 2.64 bits per heavy atom. The summed E-state index contributed by atoms with van der Waals surface area (Å²) in [7, 11) is 0. The maximum atomic E-state index is 13.7. The number of hydrazine groups is 1. The minimum absolute atomic E-state index is 0.171. The zero-order chi connectivity index (χ0) is 15.5. The first-order valence-electron chi connectivity index (χ1n) is 7.97. The van der Waals surface area contributed by atoms with Crippen LogP contribution in [0.1, 0.15) is 30.9 Å². The summed E-state index contributed by atoms with van der Waals surface area (Å²) in [5.74, 6) is -0.637. The van der Waals surface area contributed by atoms with Crippen molar-refractivity contribution in [2.45, 2.75) is 31.4 Å². The highest BCUT2D eigenvalue weighted by Gasteiger charge is 2.29. The maximum absolute atomic E-state index is 13.7. The molecule has 122 valence electrons. The Hall–Kier alpha value is -1.08.